The van der Waals surface area contributed by atoms with Crippen LogP contribution in [0.1, 0.15) is 29.8 Å². The monoisotopic (exact) mass is 391 g/mol. The van der Waals surface area contributed by atoms with E-state index in [9.17, 15) is 13.2 Å². The van der Waals surface area contributed by atoms with Crippen molar-refractivity contribution in [3.05, 3.63) is 59.7 Å². The highest BCUT2D eigenvalue weighted by Crippen LogP contribution is 2.18. The van der Waals surface area contributed by atoms with Crippen LogP contribution in [0.4, 0.5) is 0 Å². The molecule has 0 radical (unpaired) electrons. The Hall–Kier alpha value is -2.38. The zero-order chi connectivity index (χ0) is 20.0. The average molecular weight is 391 g/mol. The Morgan fingerprint density at radius 1 is 1.11 bits per heavy atom. The maximum atomic E-state index is 12.6. The van der Waals surface area contributed by atoms with Crippen molar-refractivity contribution in [2.75, 3.05) is 20.8 Å². The number of carbonyl (C=O) groups is 1. The topological polar surface area (TPSA) is 72.9 Å². The van der Waals surface area contributed by atoms with Gasteiger partial charge in [-0.15, -0.1) is 0 Å². The van der Waals surface area contributed by atoms with Crippen LogP contribution in [-0.2, 0) is 21.2 Å². The SMILES string of the molecule is COc1ccc(CCOC(=O)c2cccc(S(=O)(=O)N(C)C(C)C)c2)cc1. The zero-order valence-electron chi connectivity index (χ0n) is 16.0. The smallest absolute Gasteiger partial charge is 0.338 e. The molecule has 6 nitrogen and oxygen atoms in total. The van der Waals surface area contributed by atoms with Crippen LogP contribution in [0.15, 0.2) is 53.4 Å². The van der Waals surface area contributed by atoms with Crippen molar-refractivity contribution in [2.45, 2.75) is 31.2 Å². The molecule has 7 heteroatoms. The second kappa shape index (κ2) is 9.01. The maximum absolute atomic E-state index is 12.6. The van der Waals surface area contributed by atoms with Crippen molar-refractivity contribution in [3.63, 3.8) is 0 Å². The molecule has 0 atom stereocenters. The standard InChI is InChI=1S/C20H25NO5S/c1-15(2)21(3)27(23,24)19-7-5-6-17(14-19)20(22)26-13-12-16-8-10-18(25-4)11-9-16/h5-11,14-15H,12-13H2,1-4H3. The van der Waals surface area contributed by atoms with Crippen molar-refractivity contribution < 1.29 is 22.7 Å². The summed E-state index contributed by atoms with van der Waals surface area (Å²) >= 11 is 0. The van der Waals surface area contributed by atoms with Crippen LogP contribution in [0.3, 0.4) is 0 Å². The summed E-state index contributed by atoms with van der Waals surface area (Å²) in [6, 6.07) is 13.2. The Balaban J connectivity index is 2.02. The molecule has 2 aromatic rings. The number of benzene rings is 2. The summed E-state index contributed by atoms with van der Waals surface area (Å²) in [5.41, 5.74) is 1.22. The fourth-order valence-electron chi connectivity index (χ4n) is 2.36. The number of nitrogens with zero attached hydrogens (tertiary/aromatic N) is 1. The minimum absolute atomic E-state index is 0.0725. The van der Waals surface area contributed by atoms with Gasteiger partial charge in [-0.1, -0.05) is 18.2 Å². The fourth-order valence-corrected chi connectivity index (χ4v) is 3.78. The Bertz CT molecular complexity index is 876. The van der Waals surface area contributed by atoms with E-state index in [0.717, 1.165) is 11.3 Å². The van der Waals surface area contributed by atoms with E-state index in [4.69, 9.17) is 9.47 Å². The van der Waals surface area contributed by atoms with Crippen molar-refractivity contribution in [1.29, 1.82) is 0 Å². The van der Waals surface area contributed by atoms with Gasteiger partial charge in [-0.2, -0.15) is 4.31 Å². The number of rotatable bonds is 8. The van der Waals surface area contributed by atoms with Crippen molar-refractivity contribution in [1.82, 2.24) is 4.31 Å². The Labute approximate surface area is 160 Å². The number of esters is 1. The van der Waals surface area contributed by atoms with Gasteiger partial charge in [-0.25, -0.2) is 13.2 Å². The van der Waals surface area contributed by atoms with Gasteiger partial charge in [-0.05, 0) is 49.7 Å². The van der Waals surface area contributed by atoms with Crippen LogP contribution >= 0.6 is 0 Å². The molecular formula is C20H25NO5S. The Morgan fingerprint density at radius 3 is 2.37 bits per heavy atom. The van der Waals surface area contributed by atoms with Crippen LogP contribution < -0.4 is 4.74 Å². The first kappa shape index (κ1) is 20.9. The predicted octanol–water partition coefficient (Wildman–Crippen LogP) is 3.12. The van der Waals surface area contributed by atoms with E-state index in [-0.39, 0.29) is 23.1 Å². The first-order chi connectivity index (χ1) is 12.8. The lowest BCUT2D eigenvalue weighted by atomic mass is 10.1. The second-order valence-corrected chi connectivity index (χ2v) is 8.37. The molecule has 2 rings (SSSR count). The first-order valence-electron chi connectivity index (χ1n) is 8.64. The molecule has 0 heterocycles. The summed E-state index contributed by atoms with van der Waals surface area (Å²) in [4.78, 5) is 12.3. The van der Waals surface area contributed by atoms with Gasteiger partial charge in [0.1, 0.15) is 5.75 Å². The van der Waals surface area contributed by atoms with E-state index < -0.39 is 16.0 Å². The highest BCUT2D eigenvalue weighted by Gasteiger charge is 2.24. The molecular weight excluding hydrogens is 366 g/mol. The highest BCUT2D eigenvalue weighted by molar-refractivity contribution is 7.89. The summed E-state index contributed by atoms with van der Waals surface area (Å²) in [6.07, 6.45) is 0.559. The second-order valence-electron chi connectivity index (χ2n) is 6.38. The van der Waals surface area contributed by atoms with Gasteiger partial charge in [0.2, 0.25) is 10.0 Å². The van der Waals surface area contributed by atoms with Gasteiger partial charge in [0, 0.05) is 19.5 Å². The summed E-state index contributed by atoms with van der Waals surface area (Å²) < 4.78 is 36.8. The molecule has 0 unspecified atom stereocenters. The quantitative estimate of drug-likeness (QED) is 0.647. The minimum atomic E-state index is -3.65. The summed E-state index contributed by atoms with van der Waals surface area (Å²) in [5.74, 6) is 0.216. The number of sulfonamides is 1. The van der Waals surface area contributed by atoms with Crippen LogP contribution in [-0.4, -0.2) is 45.5 Å². The molecule has 0 aliphatic rings. The zero-order valence-corrected chi connectivity index (χ0v) is 16.8. The lowest BCUT2D eigenvalue weighted by Crippen LogP contribution is -2.33. The third kappa shape index (κ3) is 5.30. The first-order valence-corrected chi connectivity index (χ1v) is 10.1. The molecule has 0 spiro atoms. The molecule has 0 aromatic heterocycles. The predicted molar refractivity (Wildman–Crippen MR) is 104 cm³/mol. The molecule has 0 saturated carbocycles. The molecule has 0 saturated heterocycles. The molecule has 0 aliphatic heterocycles. The minimum Gasteiger partial charge on any atom is -0.497 e. The van der Waals surface area contributed by atoms with E-state index in [1.54, 1.807) is 33.1 Å². The van der Waals surface area contributed by atoms with E-state index >= 15 is 0 Å². The molecule has 0 N–H and O–H groups in total. The van der Waals surface area contributed by atoms with Gasteiger partial charge in [0.15, 0.2) is 0 Å². The van der Waals surface area contributed by atoms with Crippen molar-refractivity contribution in [3.8, 4) is 5.75 Å². The number of hydrogen-bond acceptors (Lipinski definition) is 5. The maximum Gasteiger partial charge on any atom is 0.338 e. The molecule has 0 fully saturated rings. The van der Waals surface area contributed by atoms with Gasteiger partial charge >= 0.3 is 5.97 Å². The van der Waals surface area contributed by atoms with Gasteiger partial charge in [-0.3, -0.25) is 0 Å². The summed E-state index contributed by atoms with van der Waals surface area (Å²) in [6.45, 7) is 3.78. The third-order valence-corrected chi connectivity index (χ3v) is 6.29. The van der Waals surface area contributed by atoms with Crippen molar-refractivity contribution >= 4 is 16.0 Å². The number of hydrogen-bond donors (Lipinski definition) is 0. The Kier molecular flexibility index (Phi) is 6.98. The molecule has 146 valence electrons. The number of ether oxygens (including phenoxy) is 2. The van der Waals surface area contributed by atoms with Gasteiger partial charge < -0.3 is 9.47 Å². The molecule has 0 aliphatic carbocycles. The van der Waals surface area contributed by atoms with E-state index in [1.807, 2.05) is 24.3 Å². The largest absolute Gasteiger partial charge is 0.497 e. The molecule has 27 heavy (non-hydrogen) atoms. The van der Waals surface area contributed by atoms with Crippen LogP contribution in [0.5, 0.6) is 5.75 Å². The normalized spacial score (nSPS) is 11.6. The average Bonchev–Trinajstić information content (AvgIpc) is 2.67. The van der Waals surface area contributed by atoms with Gasteiger partial charge in [0.05, 0.1) is 24.2 Å². The van der Waals surface area contributed by atoms with Crippen molar-refractivity contribution in [2.24, 2.45) is 0 Å². The highest BCUT2D eigenvalue weighted by atomic mass is 32.2. The van der Waals surface area contributed by atoms with E-state index in [2.05, 4.69) is 0 Å². The lowest BCUT2D eigenvalue weighted by molar-refractivity contribution is 0.0509. The number of carbonyl (C=O) groups excluding carboxylic acids is 1. The summed E-state index contributed by atoms with van der Waals surface area (Å²) in [7, 11) is -0.536. The van der Waals surface area contributed by atoms with Crippen LogP contribution in [0.2, 0.25) is 0 Å². The fraction of sp³-hybridized carbons (Fsp3) is 0.350. The molecule has 0 amide bonds. The third-order valence-electron chi connectivity index (χ3n) is 4.26. The van der Waals surface area contributed by atoms with Crippen LogP contribution in [0.25, 0.3) is 0 Å². The lowest BCUT2D eigenvalue weighted by Gasteiger charge is -2.21. The van der Waals surface area contributed by atoms with Crippen LogP contribution in [0, 0.1) is 0 Å². The Morgan fingerprint density at radius 2 is 1.78 bits per heavy atom. The molecule has 0 bridgehead atoms. The van der Waals surface area contributed by atoms with E-state index in [0.29, 0.717) is 6.42 Å². The number of methoxy groups -OCH3 is 1. The molecule has 2 aromatic carbocycles. The van der Waals surface area contributed by atoms with Gasteiger partial charge in [0.25, 0.3) is 0 Å². The summed E-state index contributed by atoms with van der Waals surface area (Å²) in [5, 5.41) is 0. The van der Waals surface area contributed by atoms with E-state index in [1.165, 1.54) is 23.5 Å².